The van der Waals surface area contributed by atoms with Crippen molar-refractivity contribution in [3.63, 3.8) is 0 Å². The molecule has 0 aliphatic carbocycles. The molecule has 1 aromatic heterocycles. The van der Waals surface area contributed by atoms with Crippen LogP contribution in [0.4, 0.5) is 4.79 Å². The summed E-state index contributed by atoms with van der Waals surface area (Å²) in [5.74, 6) is -1.14. The fourth-order valence-corrected chi connectivity index (χ4v) is 2.13. The van der Waals surface area contributed by atoms with E-state index >= 15 is 0 Å². The van der Waals surface area contributed by atoms with Crippen LogP contribution in [0, 0.1) is 11.8 Å². The van der Waals surface area contributed by atoms with Crippen molar-refractivity contribution in [2.75, 3.05) is 20.1 Å². The van der Waals surface area contributed by atoms with Crippen molar-refractivity contribution in [3.8, 4) is 0 Å². The van der Waals surface area contributed by atoms with Crippen LogP contribution < -0.4 is 0 Å². The molecule has 1 aliphatic heterocycles. The van der Waals surface area contributed by atoms with Crippen LogP contribution in [0.25, 0.3) is 0 Å². The van der Waals surface area contributed by atoms with Crippen LogP contribution in [-0.4, -0.2) is 57.2 Å². The molecule has 1 atom stereocenters. The van der Waals surface area contributed by atoms with Gasteiger partial charge in [0.05, 0.1) is 18.7 Å². The zero-order chi connectivity index (χ0) is 14.0. The van der Waals surface area contributed by atoms with Gasteiger partial charge in [-0.1, -0.05) is 6.92 Å². The van der Waals surface area contributed by atoms with Gasteiger partial charge in [0, 0.05) is 37.8 Å². The number of urea groups is 1. The van der Waals surface area contributed by atoms with Crippen LogP contribution in [0.15, 0.2) is 12.4 Å². The van der Waals surface area contributed by atoms with Gasteiger partial charge in [-0.3, -0.25) is 9.89 Å². The molecule has 7 heteroatoms. The molecule has 0 aromatic carbocycles. The Hall–Kier alpha value is -2.05. The van der Waals surface area contributed by atoms with Gasteiger partial charge in [0.2, 0.25) is 0 Å². The van der Waals surface area contributed by atoms with E-state index in [-0.39, 0.29) is 11.9 Å². The van der Waals surface area contributed by atoms with Crippen LogP contribution in [0.5, 0.6) is 0 Å². The average Bonchev–Trinajstić information content (AvgIpc) is 2.79. The molecule has 19 heavy (non-hydrogen) atoms. The highest BCUT2D eigenvalue weighted by atomic mass is 16.4. The molecule has 2 N–H and O–H groups in total. The van der Waals surface area contributed by atoms with Crippen molar-refractivity contribution in [2.45, 2.75) is 13.5 Å². The molecule has 104 valence electrons. The highest BCUT2D eigenvalue weighted by Crippen LogP contribution is 2.25. The Morgan fingerprint density at radius 3 is 2.84 bits per heavy atom. The fraction of sp³-hybridized carbons (Fsp3) is 0.583. The smallest absolute Gasteiger partial charge is 0.320 e. The van der Waals surface area contributed by atoms with E-state index in [9.17, 15) is 9.59 Å². The van der Waals surface area contributed by atoms with Gasteiger partial charge in [-0.25, -0.2) is 4.79 Å². The summed E-state index contributed by atoms with van der Waals surface area (Å²) in [7, 11) is 1.73. The van der Waals surface area contributed by atoms with Crippen molar-refractivity contribution in [1.82, 2.24) is 20.0 Å². The first kappa shape index (κ1) is 13.4. The Bertz CT molecular complexity index is 454. The lowest BCUT2D eigenvalue weighted by Crippen LogP contribution is -2.56. The summed E-state index contributed by atoms with van der Waals surface area (Å²) in [5, 5.41) is 15.4. The monoisotopic (exact) mass is 266 g/mol. The minimum Gasteiger partial charge on any atom is -0.481 e. The molecule has 7 nitrogen and oxygen atoms in total. The molecule has 0 saturated carbocycles. The number of nitrogens with one attached hydrogen (secondary N) is 1. The van der Waals surface area contributed by atoms with Crippen molar-refractivity contribution in [2.24, 2.45) is 11.8 Å². The number of amides is 2. The number of carbonyl (C=O) groups excluding carboxylic acids is 1. The van der Waals surface area contributed by atoms with Crippen molar-refractivity contribution >= 4 is 12.0 Å². The van der Waals surface area contributed by atoms with E-state index in [1.807, 2.05) is 0 Å². The van der Waals surface area contributed by atoms with Gasteiger partial charge in [-0.05, 0) is 0 Å². The average molecular weight is 266 g/mol. The molecular formula is C12H18N4O3. The molecule has 0 spiro atoms. The van der Waals surface area contributed by atoms with Gasteiger partial charge in [0.25, 0.3) is 0 Å². The van der Waals surface area contributed by atoms with E-state index in [4.69, 9.17) is 5.11 Å². The minimum atomic E-state index is -0.802. The number of rotatable bonds is 4. The number of hydrogen-bond acceptors (Lipinski definition) is 3. The third-order valence-corrected chi connectivity index (χ3v) is 3.58. The molecule has 2 amide bonds. The van der Waals surface area contributed by atoms with Crippen LogP contribution in [0.1, 0.15) is 12.5 Å². The molecule has 2 heterocycles. The SMILES string of the molecule is CC(C(=O)O)C1CN(C(=O)N(C)Cc2cn[nH]c2)C1. The zero-order valence-electron chi connectivity index (χ0n) is 11.0. The molecule has 1 unspecified atom stereocenters. The number of carbonyl (C=O) groups is 2. The predicted octanol–water partition coefficient (Wildman–Crippen LogP) is 0.614. The van der Waals surface area contributed by atoms with Crippen LogP contribution in [0.3, 0.4) is 0 Å². The summed E-state index contributed by atoms with van der Waals surface area (Å²) < 4.78 is 0. The van der Waals surface area contributed by atoms with E-state index in [0.717, 1.165) is 5.56 Å². The Morgan fingerprint density at radius 1 is 1.63 bits per heavy atom. The maximum Gasteiger partial charge on any atom is 0.320 e. The number of hydrogen-bond donors (Lipinski definition) is 2. The number of carboxylic acid groups (broad SMARTS) is 1. The molecule has 1 aromatic rings. The molecular weight excluding hydrogens is 248 g/mol. The first-order chi connectivity index (χ1) is 8.99. The van der Waals surface area contributed by atoms with Gasteiger partial charge < -0.3 is 14.9 Å². The van der Waals surface area contributed by atoms with Crippen molar-refractivity contribution in [1.29, 1.82) is 0 Å². The van der Waals surface area contributed by atoms with Gasteiger partial charge in [-0.15, -0.1) is 0 Å². The molecule has 1 fully saturated rings. The Morgan fingerprint density at radius 2 is 2.32 bits per heavy atom. The summed E-state index contributed by atoms with van der Waals surface area (Å²) in [6, 6.07) is -0.0740. The van der Waals surface area contributed by atoms with Gasteiger partial charge in [-0.2, -0.15) is 5.10 Å². The normalized spacial score (nSPS) is 16.8. The predicted molar refractivity (Wildman–Crippen MR) is 67.3 cm³/mol. The standard InChI is InChI=1S/C12H18N4O3/c1-8(11(17)18)10-6-16(7-10)12(19)15(2)5-9-3-13-14-4-9/h3-4,8,10H,5-7H2,1-2H3,(H,13,14)(H,17,18). The number of carboxylic acids is 1. The first-order valence-corrected chi connectivity index (χ1v) is 6.19. The lowest BCUT2D eigenvalue weighted by Gasteiger charge is -2.42. The topological polar surface area (TPSA) is 89.5 Å². The van der Waals surface area contributed by atoms with Crippen LogP contribution in [0.2, 0.25) is 0 Å². The molecule has 0 radical (unpaired) electrons. The third-order valence-electron chi connectivity index (χ3n) is 3.58. The number of aliphatic carboxylic acids is 1. The molecule has 2 rings (SSSR count). The highest BCUT2D eigenvalue weighted by molar-refractivity contribution is 5.76. The van der Waals surface area contributed by atoms with E-state index in [1.54, 1.807) is 36.2 Å². The van der Waals surface area contributed by atoms with Gasteiger partial charge in [0.15, 0.2) is 0 Å². The maximum absolute atomic E-state index is 12.1. The summed E-state index contributed by atoms with van der Waals surface area (Å²) in [6.07, 6.45) is 3.42. The molecule has 1 aliphatic rings. The van der Waals surface area contributed by atoms with E-state index in [2.05, 4.69) is 10.2 Å². The lowest BCUT2D eigenvalue weighted by molar-refractivity contribution is -0.144. The maximum atomic E-state index is 12.1. The number of H-pyrrole nitrogens is 1. The Labute approximate surface area is 111 Å². The Kier molecular flexibility index (Phi) is 3.73. The summed E-state index contributed by atoms with van der Waals surface area (Å²) in [5.41, 5.74) is 0.937. The molecule has 0 bridgehead atoms. The van der Waals surface area contributed by atoms with Crippen LogP contribution >= 0.6 is 0 Å². The zero-order valence-corrected chi connectivity index (χ0v) is 11.0. The van der Waals surface area contributed by atoms with Gasteiger partial charge in [0.1, 0.15) is 0 Å². The largest absolute Gasteiger partial charge is 0.481 e. The number of aromatic amines is 1. The highest BCUT2D eigenvalue weighted by Gasteiger charge is 2.38. The van der Waals surface area contributed by atoms with Crippen molar-refractivity contribution in [3.05, 3.63) is 18.0 Å². The second kappa shape index (κ2) is 5.29. The van der Waals surface area contributed by atoms with Crippen molar-refractivity contribution < 1.29 is 14.7 Å². The van der Waals surface area contributed by atoms with E-state index in [0.29, 0.717) is 19.6 Å². The lowest BCUT2D eigenvalue weighted by atomic mass is 9.87. The quantitative estimate of drug-likeness (QED) is 0.835. The van der Waals surface area contributed by atoms with Crippen LogP contribution in [-0.2, 0) is 11.3 Å². The second-order valence-corrected chi connectivity index (χ2v) is 5.04. The first-order valence-electron chi connectivity index (χ1n) is 6.19. The van der Waals surface area contributed by atoms with E-state index in [1.165, 1.54) is 0 Å². The summed E-state index contributed by atoms with van der Waals surface area (Å²) in [6.45, 7) is 3.21. The Balaban J connectivity index is 1.81. The molecule has 1 saturated heterocycles. The summed E-state index contributed by atoms with van der Waals surface area (Å²) >= 11 is 0. The third kappa shape index (κ3) is 2.86. The second-order valence-electron chi connectivity index (χ2n) is 5.04. The minimum absolute atomic E-state index is 0.0591. The van der Waals surface area contributed by atoms with Gasteiger partial charge >= 0.3 is 12.0 Å². The number of likely N-dealkylation sites (tertiary alicyclic amines) is 1. The fourth-order valence-electron chi connectivity index (χ4n) is 2.13. The van der Waals surface area contributed by atoms with E-state index < -0.39 is 11.9 Å². The summed E-state index contributed by atoms with van der Waals surface area (Å²) in [4.78, 5) is 26.2. The number of aromatic nitrogens is 2. The number of nitrogens with zero attached hydrogens (tertiary/aromatic N) is 3.